The molecular weight excluding hydrogens is 216 g/mol. The van der Waals surface area contributed by atoms with Crippen molar-refractivity contribution in [3.8, 4) is 0 Å². The summed E-state index contributed by atoms with van der Waals surface area (Å²) in [6.45, 7) is 6.80. The zero-order valence-corrected chi connectivity index (χ0v) is 10.3. The molecule has 0 atom stereocenters. The topological polar surface area (TPSA) is 51.3 Å². The maximum Gasteiger partial charge on any atom is 0.276 e. The molecule has 5 nitrogen and oxygen atoms in total. The first-order valence-corrected chi connectivity index (χ1v) is 5.92. The second-order valence-corrected chi connectivity index (χ2v) is 4.56. The zero-order chi connectivity index (χ0) is 12.3. The van der Waals surface area contributed by atoms with Crippen molar-refractivity contribution in [3.05, 3.63) is 35.0 Å². The highest BCUT2D eigenvalue weighted by Crippen LogP contribution is 1.94. The summed E-state index contributed by atoms with van der Waals surface area (Å²) >= 11 is 0. The molecule has 0 spiro atoms. The number of fused-ring (bicyclic) bond motifs is 1. The van der Waals surface area contributed by atoms with Crippen LogP contribution in [0.25, 0.3) is 5.52 Å². The number of nitrogens with one attached hydrogen (secondary N) is 1. The van der Waals surface area contributed by atoms with Crippen LogP contribution in [0.5, 0.6) is 0 Å². The van der Waals surface area contributed by atoms with E-state index in [0.717, 1.165) is 13.1 Å². The third kappa shape index (κ3) is 2.74. The lowest BCUT2D eigenvalue weighted by atomic mass is 10.2. The summed E-state index contributed by atoms with van der Waals surface area (Å²) in [5.41, 5.74) is 0.632. The van der Waals surface area contributed by atoms with Gasteiger partial charge in [-0.1, -0.05) is 13.8 Å². The SMILES string of the molecule is CC(C)CNCCn1ccn2nccc2c1=O. The highest BCUT2D eigenvalue weighted by atomic mass is 16.1. The average Bonchev–Trinajstić information content (AvgIpc) is 2.75. The first-order chi connectivity index (χ1) is 8.18. The molecule has 5 heteroatoms. The Morgan fingerprint density at radius 1 is 1.41 bits per heavy atom. The van der Waals surface area contributed by atoms with Gasteiger partial charge in [0.05, 0.1) is 6.20 Å². The summed E-state index contributed by atoms with van der Waals surface area (Å²) in [5.74, 6) is 0.629. The highest BCUT2D eigenvalue weighted by molar-refractivity contribution is 5.42. The van der Waals surface area contributed by atoms with Crippen molar-refractivity contribution in [1.82, 2.24) is 19.5 Å². The van der Waals surface area contributed by atoms with Crippen molar-refractivity contribution in [3.63, 3.8) is 0 Å². The Morgan fingerprint density at radius 2 is 2.24 bits per heavy atom. The summed E-state index contributed by atoms with van der Waals surface area (Å²) < 4.78 is 3.31. The predicted octanol–water partition coefficient (Wildman–Crippen LogP) is 0.742. The van der Waals surface area contributed by atoms with Crippen LogP contribution in [0.3, 0.4) is 0 Å². The Hall–Kier alpha value is -1.62. The minimum atomic E-state index is 0.0105. The summed E-state index contributed by atoms with van der Waals surface area (Å²) in [7, 11) is 0. The van der Waals surface area contributed by atoms with Crippen LogP contribution in [-0.4, -0.2) is 27.3 Å². The van der Waals surface area contributed by atoms with Crippen LogP contribution in [0.2, 0.25) is 0 Å². The van der Waals surface area contributed by atoms with Gasteiger partial charge < -0.3 is 9.88 Å². The molecule has 0 amide bonds. The molecule has 0 aliphatic rings. The zero-order valence-electron chi connectivity index (χ0n) is 10.3. The Balaban J connectivity index is 2.04. The van der Waals surface area contributed by atoms with Gasteiger partial charge in [0.2, 0.25) is 0 Å². The van der Waals surface area contributed by atoms with Gasteiger partial charge in [0.15, 0.2) is 0 Å². The van der Waals surface area contributed by atoms with Crippen LogP contribution in [0, 0.1) is 5.92 Å². The monoisotopic (exact) mass is 234 g/mol. The van der Waals surface area contributed by atoms with Crippen molar-refractivity contribution in [2.24, 2.45) is 5.92 Å². The molecule has 0 radical (unpaired) electrons. The molecule has 2 heterocycles. The Bertz CT molecular complexity index is 541. The summed E-state index contributed by atoms with van der Waals surface area (Å²) in [5, 5.41) is 7.35. The number of rotatable bonds is 5. The summed E-state index contributed by atoms with van der Waals surface area (Å²) in [4.78, 5) is 12.0. The van der Waals surface area contributed by atoms with E-state index in [1.165, 1.54) is 0 Å². The van der Waals surface area contributed by atoms with E-state index in [2.05, 4.69) is 24.3 Å². The second-order valence-electron chi connectivity index (χ2n) is 4.56. The highest BCUT2D eigenvalue weighted by Gasteiger charge is 2.02. The van der Waals surface area contributed by atoms with Gasteiger partial charge in [0, 0.05) is 25.5 Å². The maximum absolute atomic E-state index is 12.0. The molecule has 0 saturated heterocycles. The molecule has 92 valence electrons. The van der Waals surface area contributed by atoms with Crippen molar-refractivity contribution < 1.29 is 0 Å². The fourth-order valence-electron chi connectivity index (χ4n) is 1.73. The van der Waals surface area contributed by atoms with Gasteiger partial charge in [0.25, 0.3) is 5.56 Å². The molecule has 0 unspecified atom stereocenters. The molecule has 0 aromatic carbocycles. The van der Waals surface area contributed by atoms with E-state index >= 15 is 0 Å². The fraction of sp³-hybridized carbons (Fsp3) is 0.500. The number of nitrogens with zero attached hydrogens (tertiary/aromatic N) is 3. The van der Waals surface area contributed by atoms with E-state index in [4.69, 9.17) is 0 Å². The Morgan fingerprint density at radius 3 is 3.00 bits per heavy atom. The van der Waals surface area contributed by atoms with Crippen LogP contribution in [0.4, 0.5) is 0 Å². The van der Waals surface area contributed by atoms with Gasteiger partial charge in [-0.3, -0.25) is 4.79 Å². The van der Waals surface area contributed by atoms with Gasteiger partial charge >= 0.3 is 0 Å². The first-order valence-electron chi connectivity index (χ1n) is 5.92. The maximum atomic E-state index is 12.0. The molecule has 2 rings (SSSR count). The van der Waals surface area contributed by atoms with Crippen LogP contribution >= 0.6 is 0 Å². The van der Waals surface area contributed by atoms with Gasteiger partial charge in [-0.2, -0.15) is 5.10 Å². The number of hydrogen-bond acceptors (Lipinski definition) is 3. The molecule has 0 fully saturated rings. The molecule has 0 saturated carbocycles. The first kappa shape index (κ1) is 11.9. The fourth-order valence-corrected chi connectivity index (χ4v) is 1.73. The lowest BCUT2D eigenvalue weighted by Gasteiger charge is -2.09. The summed E-state index contributed by atoms with van der Waals surface area (Å²) in [6.07, 6.45) is 5.22. The third-order valence-corrected chi connectivity index (χ3v) is 2.62. The Labute approximate surface area is 100 Å². The molecule has 2 aromatic heterocycles. The van der Waals surface area contributed by atoms with Crippen molar-refractivity contribution >= 4 is 5.52 Å². The van der Waals surface area contributed by atoms with E-state index in [1.807, 2.05) is 0 Å². The minimum Gasteiger partial charge on any atom is -0.315 e. The number of hydrogen-bond donors (Lipinski definition) is 1. The number of aromatic nitrogens is 3. The van der Waals surface area contributed by atoms with Gasteiger partial charge in [0.1, 0.15) is 5.52 Å². The van der Waals surface area contributed by atoms with Crippen molar-refractivity contribution in [1.29, 1.82) is 0 Å². The lowest BCUT2D eigenvalue weighted by Crippen LogP contribution is -2.29. The van der Waals surface area contributed by atoms with E-state index in [1.54, 1.807) is 33.7 Å². The van der Waals surface area contributed by atoms with Crippen LogP contribution in [0.15, 0.2) is 29.5 Å². The van der Waals surface area contributed by atoms with Crippen LogP contribution in [0.1, 0.15) is 13.8 Å². The largest absolute Gasteiger partial charge is 0.315 e. The van der Waals surface area contributed by atoms with Crippen molar-refractivity contribution in [2.75, 3.05) is 13.1 Å². The lowest BCUT2D eigenvalue weighted by molar-refractivity contribution is 0.519. The molecular formula is C12H18N4O. The van der Waals surface area contributed by atoms with Crippen LogP contribution < -0.4 is 10.9 Å². The van der Waals surface area contributed by atoms with E-state index in [-0.39, 0.29) is 5.56 Å². The molecule has 0 bridgehead atoms. The molecule has 2 aromatic rings. The van der Waals surface area contributed by atoms with E-state index < -0.39 is 0 Å². The van der Waals surface area contributed by atoms with E-state index in [9.17, 15) is 4.79 Å². The van der Waals surface area contributed by atoms with Gasteiger partial charge in [-0.25, -0.2) is 4.52 Å². The van der Waals surface area contributed by atoms with E-state index in [0.29, 0.717) is 18.0 Å². The van der Waals surface area contributed by atoms with Crippen molar-refractivity contribution in [2.45, 2.75) is 20.4 Å². The molecule has 17 heavy (non-hydrogen) atoms. The smallest absolute Gasteiger partial charge is 0.276 e. The molecule has 0 aliphatic heterocycles. The summed E-state index contributed by atoms with van der Waals surface area (Å²) in [6, 6.07) is 1.74. The average molecular weight is 234 g/mol. The second kappa shape index (κ2) is 5.14. The van der Waals surface area contributed by atoms with Crippen LogP contribution in [-0.2, 0) is 6.54 Å². The molecule has 0 aliphatic carbocycles. The molecule has 1 N–H and O–H groups in total. The predicted molar refractivity (Wildman–Crippen MR) is 67.2 cm³/mol. The van der Waals surface area contributed by atoms with Gasteiger partial charge in [-0.05, 0) is 18.5 Å². The van der Waals surface area contributed by atoms with Gasteiger partial charge in [-0.15, -0.1) is 0 Å². The Kier molecular flexibility index (Phi) is 3.58. The standard InChI is InChI=1S/C12H18N4O/c1-10(2)9-13-5-6-15-7-8-16-11(12(15)17)3-4-14-16/h3-4,7-8,10,13H,5-6,9H2,1-2H3. The normalized spacial score (nSPS) is 11.5. The third-order valence-electron chi connectivity index (χ3n) is 2.62. The quantitative estimate of drug-likeness (QED) is 0.776. The minimum absolute atomic E-state index is 0.0105.